The number of aromatic nitrogens is 1. The van der Waals surface area contributed by atoms with Crippen molar-refractivity contribution in [2.75, 3.05) is 10.8 Å². The zero-order valence-electron chi connectivity index (χ0n) is 18.3. The predicted molar refractivity (Wildman–Crippen MR) is 147 cm³/mol. The van der Waals surface area contributed by atoms with Gasteiger partial charge in [0.2, 0.25) is 16.5 Å². The molecule has 2 heterocycles. The topological polar surface area (TPSA) is 75.8 Å². The van der Waals surface area contributed by atoms with E-state index in [1.165, 1.54) is 28.8 Å². The Morgan fingerprint density at radius 2 is 1.91 bits per heavy atom. The van der Waals surface area contributed by atoms with Crippen LogP contribution in [0, 0.1) is 0 Å². The van der Waals surface area contributed by atoms with Gasteiger partial charge in [0, 0.05) is 21.5 Å². The number of hydrogen-bond acceptors (Lipinski definition) is 7. The Morgan fingerprint density at radius 3 is 2.77 bits per heavy atom. The summed E-state index contributed by atoms with van der Waals surface area (Å²) in [5.41, 5.74) is 1.31. The Labute approximate surface area is 217 Å². The Kier molecular flexibility index (Phi) is 7.08. The van der Waals surface area contributed by atoms with E-state index in [9.17, 15) is 9.59 Å². The van der Waals surface area contributed by atoms with Crippen molar-refractivity contribution in [3.05, 3.63) is 99.3 Å². The van der Waals surface area contributed by atoms with Gasteiger partial charge in [-0.3, -0.25) is 9.59 Å². The molecule has 2 aromatic heterocycles. The molecule has 0 radical (unpaired) electrons. The minimum absolute atomic E-state index is 0.212. The lowest BCUT2D eigenvalue weighted by Crippen LogP contribution is -2.26. The quantitative estimate of drug-likeness (QED) is 0.125. The van der Waals surface area contributed by atoms with E-state index in [4.69, 9.17) is 4.42 Å². The Hall–Kier alpha value is -3.27. The lowest BCUT2D eigenvalue weighted by Gasteiger charge is -2.13. The number of benzene rings is 3. The van der Waals surface area contributed by atoms with Crippen LogP contribution in [0.1, 0.15) is 12.0 Å². The Morgan fingerprint density at radius 1 is 1.11 bits per heavy atom. The van der Waals surface area contributed by atoms with Gasteiger partial charge in [0.1, 0.15) is 11.8 Å². The number of halogens is 1. The number of nitrogens with zero attached hydrogens (tertiary/aromatic N) is 3. The van der Waals surface area contributed by atoms with E-state index in [1.54, 1.807) is 36.0 Å². The van der Waals surface area contributed by atoms with Crippen LogP contribution in [0.2, 0.25) is 0 Å². The summed E-state index contributed by atoms with van der Waals surface area (Å²) in [6.07, 6.45) is 2.98. The number of rotatable bonds is 7. The summed E-state index contributed by atoms with van der Waals surface area (Å²) in [6.45, 7) is 0. The summed E-state index contributed by atoms with van der Waals surface area (Å²) in [5, 5.41) is 6.57. The van der Waals surface area contributed by atoms with E-state index >= 15 is 0 Å². The van der Waals surface area contributed by atoms with Gasteiger partial charge in [-0.1, -0.05) is 57.6 Å². The summed E-state index contributed by atoms with van der Waals surface area (Å²) in [4.78, 5) is 31.8. The van der Waals surface area contributed by atoms with Crippen molar-refractivity contribution in [3.63, 3.8) is 0 Å². The summed E-state index contributed by atoms with van der Waals surface area (Å²) in [6, 6.07) is 22.7. The van der Waals surface area contributed by atoms with Crippen LogP contribution < -0.4 is 10.4 Å². The maximum atomic E-state index is 13.3. The maximum absolute atomic E-state index is 13.3. The molecule has 0 spiro atoms. The van der Waals surface area contributed by atoms with Gasteiger partial charge in [0.15, 0.2) is 0 Å². The first kappa shape index (κ1) is 23.5. The molecule has 0 aliphatic carbocycles. The van der Waals surface area contributed by atoms with Crippen LogP contribution in [-0.4, -0.2) is 22.9 Å². The van der Waals surface area contributed by atoms with Gasteiger partial charge in [-0.05, 0) is 42.5 Å². The first-order valence-corrected chi connectivity index (χ1v) is 13.3. The van der Waals surface area contributed by atoms with E-state index < -0.39 is 0 Å². The second-order valence-electron chi connectivity index (χ2n) is 7.49. The molecule has 0 aliphatic heterocycles. The maximum Gasteiger partial charge on any atom is 0.250 e. The molecule has 0 bridgehead atoms. The van der Waals surface area contributed by atoms with Gasteiger partial charge in [-0.15, -0.1) is 11.8 Å². The Bertz CT molecular complexity index is 1600. The molecule has 0 aliphatic rings. The summed E-state index contributed by atoms with van der Waals surface area (Å²) >= 11 is 6.43. The normalized spacial score (nSPS) is 11.5. The first-order chi connectivity index (χ1) is 17.1. The molecule has 5 rings (SSSR count). The van der Waals surface area contributed by atoms with E-state index in [0.717, 1.165) is 19.6 Å². The predicted octanol–water partition coefficient (Wildman–Crippen LogP) is 6.71. The third-order valence-electron chi connectivity index (χ3n) is 5.10. The number of thiazole rings is 1. The third-order valence-corrected chi connectivity index (χ3v) is 7.60. The monoisotopic (exact) mass is 563 g/mol. The number of fused-ring (bicyclic) bond motifs is 2. The van der Waals surface area contributed by atoms with Gasteiger partial charge in [-0.2, -0.15) is 10.1 Å². The highest BCUT2D eigenvalue weighted by molar-refractivity contribution is 9.10. The van der Waals surface area contributed by atoms with Gasteiger partial charge in [-0.25, -0.2) is 4.98 Å². The minimum Gasteiger partial charge on any atom is -0.463 e. The number of hydrazone groups is 1. The molecule has 6 nitrogen and oxygen atoms in total. The number of amides is 1. The van der Waals surface area contributed by atoms with Crippen LogP contribution in [0.15, 0.2) is 103 Å². The molecule has 9 heteroatoms. The number of anilines is 1. The molecule has 174 valence electrons. The van der Waals surface area contributed by atoms with Crippen LogP contribution >= 0.6 is 39.0 Å². The second-order valence-corrected chi connectivity index (χ2v) is 10.6. The number of hydrogen-bond donors (Lipinski definition) is 0. The molecule has 0 fully saturated rings. The van der Waals surface area contributed by atoms with Crippen molar-refractivity contribution in [2.24, 2.45) is 5.10 Å². The molecule has 35 heavy (non-hydrogen) atoms. The average Bonchev–Trinajstić information content (AvgIpc) is 3.29. The SMILES string of the molecule is O=C(CCSc1ccccc1)N(/N=C/c1coc2ccccc2c1=O)c1nc2ccc(Br)cc2s1. The zero-order valence-corrected chi connectivity index (χ0v) is 21.5. The number of para-hydroxylation sites is 1. The van der Waals surface area contributed by atoms with E-state index in [2.05, 4.69) is 26.0 Å². The smallest absolute Gasteiger partial charge is 0.250 e. The van der Waals surface area contributed by atoms with Crippen LogP contribution in [0.3, 0.4) is 0 Å². The molecule has 1 amide bonds. The van der Waals surface area contributed by atoms with Gasteiger partial charge < -0.3 is 4.42 Å². The lowest BCUT2D eigenvalue weighted by molar-refractivity contribution is -0.118. The number of carbonyl (C=O) groups is 1. The second kappa shape index (κ2) is 10.6. The van der Waals surface area contributed by atoms with E-state index in [1.807, 2.05) is 48.5 Å². The van der Waals surface area contributed by atoms with Gasteiger partial charge >= 0.3 is 0 Å². The lowest BCUT2D eigenvalue weighted by atomic mass is 10.2. The highest BCUT2D eigenvalue weighted by atomic mass is 79.9. The standard InChI is InChI=1S/C26H18BrN3O3S2/c27-18-10-11-21-23(14-18)35-26(29-21)30(24(31)12-13-34-19-6-2-1-3-7-19)28-15-17-16-33-22-9-5-4-8-20(22)25(17)32/h1-11,14-16H,12-13H2/b28-15+. The molecule has 0 unspecified atom stereocenters. The van der Waals surface area contributed by atoms with Crippen LogP contribution in [-0.2, 0) is 4.79 Å². The summed E-state index contributed by atoms with van der Waals surface area (Å²) in [5.74, 6) is 0.372. The van der Waals surface area contributed by atoms with Crippen molar-refractivity contribution in [3.8, 4) is 0 Å². The van der Waals surface area contributed by atoms with E-state index in [0.29, 0.717) is 21.9 Å². The largest absolute Gasteiger partial charge is 0.463 e. The molecule has 0 N–H and O–H groups in total. The van der Waals surface area contributed by atoms with E-state index in [-0.39, 0.29) is 23.3 Å². The van der Waals surface area contributed by atoms with Crippen molar-refractivity contribution >= 4 is 77.5 Å². The fourth-order valence-electron chi connectivity index (χ4n) is 3.38. The van der Waals surface area contributed by atoms with Crippen molar-refractivity contribution in [2.45, 2.75) is 11.3 Å². The van der Waals surface area contributed by atoms with Crippen molar-refractivity contribution < 1.29 is 9.21 Å². The highest BCUT2D eigenvalue weighted by Gasteiger charge is 2.20. The minimum atomic E-state index is -0.215. The van der Waals surface area contributed by atoms with Crippen molar-refractivity contribution in [1.29, 1.82) is 0 Å². The van der Waals surface area contributed by atoms with Gasteiger partial charge in [0.25, 0.3) is 0 Å². The van der Waals surface area contributed by atoms with Crippen LogP contribution in [0.5, 0.6) is 0 Å². The molecule has 3 aromatic carbocycles. The van der Waals surface area contributed by atoms with Gasteiger partial charge in [0.05, 0.1) is 27.4 Å². The molecule has 0 saturated heterocycles. The molecular formula is C26H18BrN3O3S2. The zero-order chi connectivity index (χ0) is 24.2. The third kappa shape index (κ3) is 5.37. The fraction of sp³-hybridized carbons (Fsp3) is 0.0769. The number of carbonyl (C=O) groups excluding carboxylic acids is 1. The first-order valence-electron chi connectivity index (χ1n) is 10.7. The number of thioether (sulfide) groups is 1. The fourth-order valence-corrected chi connectivity index (χ4v) is 5.73. The summed E-state index contributed by atoms with van der Waals surface area (Å²) in [7, 11) is 0. The molecule has 0 saturated carbocycles. The van der Waals surface area contributed by atoms with Crippen LogP contribution in [0.25, 0.3) is 21.2 Å². The molecule has 0 atom stereocenters. The molecule has 5 aromatic rings. The molecular weight excluding hydrogens is 546 g/mol. The van der Waals surface area contributed by atoms with Crippen molar-refractivity contribution in [1.82, 2.24) is 4.98 Å². The average molecular weight is 564 g/mol. The summed E-state index contributed by atoms with van der Waals surface area (Å²) < 4.78 is 7.43. The Balaban J connectivity index is 1.44. The highest BCUT2D eigenvalue weighted by Crippen LogP contribution is 2.31. The van der Waals surface area contributed by atoms with Crippen LogP contribution in [0.4, 0.5) is 5.13 Å².